The Balaban J connectivity index is 2.07. The summed E-state index contributed by atoms with van der Waals surface area (Å²) in [5.74, 6) is 0. The molecule has 18 heavy (non-hydrogen) atoms. The van der Waals surface area contributed by atoms with Gasteiger partial charge in [0.15, 0.2) is 0 Å². The lowest BCUT2D eigenvalue weighted by atomic mass is 10.1. The fourth-order valence-electron chi connectivity index (χ4n) is 2.28. The molecule has 2 rings (SSSR count). The third-order valence-electron chi connectivity index (χ3n) is 3.37. The van der Waals surface area contributed by atoms with Gasteiger partial charge in [-0.15, -0.1) is 0 Å². The lowest BCUT2D eigenvalue weighted by Gasteiger charge is -2.24. The van der Waals surface area contributed by atoms with Gasteiger partial charge in [-0.2, -0.15) is 0 Å². The van der Waals surface area contributed by atoms with Gasteiger partial charge in [-0.1, -0.05) is 6.07 Å². The third kappa shape index (κ3) is 3.25. The Hall–Kier alpha value is -0.580. The molecule has 0 spiro atoms. The summed E-state index contributed by atoms with van der Waals surface area (Å²) < 4.78 is 6.67. The van der Waals surface area contributed by atoms with Crippen LogP contribution in [0, 0.1) is 0 Å². The zero-order valence-electron chi connectivity index (χ0n) is 10.9. The van der Waals surface area contributed by atoms with E-state index in [-0.39, 0.29) is 0 Å². The van der Waals surface area contributed by atoms with E-state index in [0.717, 1.165) is 35.3 Å². The van der Waals surface area contributed by atoms with Crippen LogP contribution in [-0.2, 0) is 4.74 Å². The van der Waals surface area contributed by atoms with Crippen LogP contribution in [0.25, 0.3) is 0 Å². The van der Waals surface area contributed by atoms with Crippen LogP contribution in [0.4, 0.5) is 5.69 Å². The first kappa shape index (κ1) is 13.8. The van der Waals surface area contributed by atoms with Gasteiger partial charge in [-0.25, -0.2) is 0 Å². The summed E-state index contributed by atoms with van der Waals surface area (Å²) in [6, 6.07) is 5.99. The monoisotopic (exact) mass is 313 g/mol. The molecule has 1 aliphatic heterocycles. The van der Waals surface area contributed by atoms with Gasteiger partial charge in [-0.05, 0) is 53.4 Å². The van der Waals surface area contributed by atoms with E-state index < -0.39 is 6.10 Å². The summed E-state index contributed by atoms with van der Waals surface area (Å²) >= 11 is 3.57. The van der Waals surface area contributed by atoms with Gasteiger partial charge in [0.2, 0.25) is 0 Å². The molecule has 1 fully saturated rings. The standard InChI is InChI=1S/C14H20BrNO2/c1-10(17)11-5-6-14(13(15)8-11)16(2)9-12-4-3-7-18-12/h5-6,8,10,12,17H,3-4,7,9H2,1-2H3/t10-,12?/m1/s1. The molecule has 0 amide bonds. The summed E-state index contributed by atoms with van der Waals surface area (Å²) in [7, 11) is 2.07. The number of halogens is 1. The SMILES string of the molecule is C[C@@H](O)c1ccc(N(C)CC2CCCO2)c(Br)c1. The number of benzene rings is 1. The van der Waals surface area contributed by atoms with Crippen molar-refractivity contribution >= 4 is 21.6 Å². The Morgan fingerprint density at radius 1 is 1.56 bits per heavy atom. The van der Waals surface area contributed by atoms with E-state index in [9.17, 15) is 5.11 Å². The second-order valence-corrected chi connectivity index (χ2v) is 5.76. The number of aliphatic hydroxyl groups excluding tert-OH is 1. The van der Waals surface area contributed by atoms with Crippen molar-refractivity contribution in [2.45, 2.75) is 32.0 Å². The van der Waals surface area contributed by atoms with Crippen LogP contribution < -0.4 is 4.90 Å². The third-order valence-corrected chi connectivity index (χ3v) is 4.00. The van der Waals surface area contributed by atoms with Crippen molar-refractivity contribution in [1.82, 2.24) is 0 Å². The van der Waals surface area contributed by atoms with Crippen molar-refractivity contribution in [2.75, 3.05) is 25.1 Å². The summed E-state index contributed by atoms with van der Waals surface area (Å²) in [6.45, 7) is 3.57. The zero-order chi connectivity index (χ0) is 13.1. The molecule has 0 radical (unpaired) electrons. The van der Waals surface area contributed by atoms with Crippen molar-refractivity contribution < 1.29 is 9.84 Å². The number of rotatable bonds is 4. The molecule has 1 aromatic carbocycles. The molecular weight excluding hydrogens is 294 g/mol. The molecule has 3 nitrogen and oxygen atoms in total. The number of hydrogen-bond acceptors (Lipinski definition) is 3. The highest BCUT2D eigenvalue weighted by Crippen LogP contribution is 2.29. The van der Waals surface area contributed by atoms with Crippen LogP contribution in [0.5, 0.6) is 0 Å². The minimum absolute atomic E-state index is 0.346. The van der Waals surface area contributed by atoms with Crippen molar-refractivity contribution in [3.05, 3.63) is 28.2 Å². The van der Waals surface area contributed by atoms with Crippen LogP contribution in [0.1, 0.15) is 31.4 Å². The molecule has 1 N–H and O–H groups in total. The number of nitrogens with zero attached hydrogens (tertiary/aromatic N) is 1. The fourth-order valence-corrected chi connectivity index (χ4v) is 2.98. The number of aliphatic hydroxyl groups is 1. The first-order valence-electron chi connectivity index (χ1n) is 6.38. The second-order valence-electron chi connectivity index (χ2n) is 4.90. The van der Waals surface area contributed by atoms with Gasteiger partial charge in [-0.3, -0.25) is 0 Å². The van der Waals surface area contributed by atoms with E-state index in [1.165, 1.54) is 6.42 Å². The first-order valence-corrected chi connectivity index (χ1v) is 7.17. The summed E-state index contributed by atoms with van der Waals surface area (Å²) in [6.07, 6.45) is 2.23. The van der Waals surface area contributed by atoms with Crippen LogP contribution in [0.3, 0.4) is 0 Å². The highest BCUT2D eigenvalue weighted by atomic mass is 79.9. The van der Waals surface area contributed by atoms with Gasteiger partial charge in [0.05, 0.1) is 17.9 Å². The lowest BCUT2D eigenvalue weighted by Crippen LogP contribution is -2.28. The maximum Gasteiger partial charge on any atom is 0.0762 e. The van der Waals surface area contributed by atoms with Crippen LogP contribution in [0.15, 0.2) is 22.7 Å². The molecule has 0 saturated carbocycles. The maximum atomic E-state index is 9.55. The fraction of sp³-hybridized carbons (Fsp3) is 0.571. The predicted molar refractivity (Wildman–Crippen MR) is 77.0 cm³/mol. The molecular formula is C14H20BrNO2. The molecule has 100 valence electrons. The van der Waals surface area contributed by atoms with Crippen molar-refractivity contribution in [1.29, 1.82) is 0 Å². The molecule has 1 heterocycles. The smallest absolute Gasteiger partial charge is 0.0762 e. The Kier molecular flexibility index (Phi) is 4.65. The summed E-state index contributed by atoms with van der Waals surface area (Å²) in [5.41, 5.74) is 2.06. The molecule has 0 aromatic heterocycles. The van der Waals surface area contributed by atoms with Crippen LogP contribution >= 0.6 is 15.9 Å². The number of hydrogen-bond donors (Lipinski definition) is 1. The van der Waals surface area contributed by atoms with Gasteiger partial charge in [0, 0.05) is 24.7 Å². The highest BCUT2D eigenvalue weighted by Gasteiger charge is 2.18. The molecule has 1 unspecified atom stereocenters. The Morgan fingerprint density at radius 2 is 2.33 bits per heavy atom. The predicted octanol–water partition coefficient (Wildman–Crippen LogP) is 3.12. The van der Waals surface area contributed by atoms with Gasteiger partial charge in [0.1, 0.15) is 0 Å². The Labute approximate surface area is 117 Å². The van der Waals surface area contributed by atoms with E-state index in [2.05, 4.69) is 27.9 Å². The van der Waals surface area contributed by atoms with E-state index in [4.69, 9.17) is 4.74 Å². The molecule has 0 aliphatic carbocycles. The zero-order valence-corrected chi connectivity index (χ0v) is 12.5. The van der Waals surface area contributed by atoms with E-state index in [1.807, 2.05) is 18.2 Å². The molecule has 1 saturated heterocycles. The minimum atomic E-state index is -0.432. The van der Waals surface area contributed by atoms with Gasteiger partial charge in [0.25, 0.3) is 0 Å². The summed E-state index contributed by atoms with van der Waals surface area (Å²) in [5, 5.41) is 9.55. The molecule has 1 aliphatic rings. The minimum Gasteiger partial charge on any atom is -0.389 e. The van der Waals surface area contributed by atoms with Gasteiger partial charge >= 0.3 is 0 Å². The highest BCUT2D eigenvalue weighted by molar-refractivity contribution is 9.10. The normalized spacial score (nSPS) is 21.0. The van der Waals surface area contributed by atoms with E-state index in [1.54, 1.807) is 6.92 Å². The van der Waals surface area contributed by atoms with Crippen LogP contribution in [0.2, 0.25) is 0 Å². The topological polar surface area (TPSA) is 32.7 Å². The largest absolute Gasteiger partial charge is 0.389 e. The molecule has 4 heteroatoms. The maximum absolute atomic E-state index is 9.55. The summed E-state index contributed by atoms with van der Waals surface area (Å²) in [4.78, 5) is 2.20. The number of anilines is 1. The Bertz CT molecular complexity index is 403. The van der Waals surface area contributed by atoms with Crippen LogP contribution in [-0.4, -0.2) is 31.4 Å². The quantitative estimate of drug-likeness (QED) is 0.927. The van der Waals surface area contributed by atoms with E-state index >= 15 is 0 Å². The van der Waals surface area contributed by atoms with Crippen molar-refractivity contribution in [2.24, 2.45) is 0 Å². The number of ether oxygens (including phenoxy) is 1. The average Bonchev–Trinajstić information content (AvgIpc) is 2.81. The number of likely N-dealkylation sites (N-methyl/N-ethyl adjacent to an activating group) is 1. The molecule has 1 aromatic rings. The Morgan fingerprint density at radius 3 is 2.89 bits per heavy atom. The van der Waals surface area contributed by atoms with Crippen molar-refractivity contribution in [3.8, 4) is 0 Å². The van der Waals surface area contributed by atoms with E-state index in [0.29, 0.717) is 6.10 Å². The molecule has 0 bridgehead atoms. The molecule has 2 atom stereocenters. The van der Waals surface area contributed by atoms with Gasteiger partial charge < -0.3 is 14.7 Å². The first-order chi connectivity index (χ1) is 8.58. The second kappa shape index (κ2) is 6.04. The average molecular weight is 314 g/mol. The van der Waals surface area contributed by atoms with Crippen molar-refractivity contribution in [3.63, 3.8) is 0 Å². The lowest BCUT2D eigenvalue weighted by molar-refractivity contribution is 0.116.